The molecular weight excluding hydrogens is 366 g/mol. The van der Waals surface area contributed by atoms with Gasteiger partial charge in [0.15, 0.2) is 0 Å². The van der Waals surface area contributed by atoms with E-state index in [1.54, 1.807) is 11.8 Å². The van der Waals surface area contributed by atoms with Gasteiger partial charge in [-0.15, -0.1) is 11.8 Å². The number of piperidine rings is 1. The van der Waals surface area contributed by atoms with Gasteiger partial charge in [-0.3, -0.25) is 4.79 Å². The highest BCUT2D eigenvalue weighted by atomic mass is 32.2. The number of nitrogens with one attached hydrogen (secondary N) is 1. The molecule has 2 fully saturated rings. The number of anilines is 1. The second kappa shape index (κ2) is 10.5. The van der Waals surface area contributed by atoms with Crippen molar-refractivity contribution >= 4 is 23.5 Å². The minimum atomic E-state index is 0.0584. The van der Waals surface area contributed by atoms with E-state index in [4.69, 9.17) is 4.98 Å². The molecule has 1 saturated heterocycles. The molecule has 1 aliphatic heterocycles. The Balaban J connectivity index is 1.71. The van der Waals surface area contributed by atoms with E-state index in [1.165, 1.54) is 32.1 Å². The molecule has 0 spiro atoms. The predicted octanol–water partition coefficient (Wildman–Crippen LogP) is 5.52. The second-order valence-corrected chi connectivity index (χ2v) is 9.83. The molecule has 2 aliphatic rings. The lowest BCUT2D eigenvalue weighted by atomic mass is 9.87. The van der Waals surface area contributed by atoms with Crippen LogP contribution < -0.4 is 10.2 Å². The molecule has 1 N–H and O–H groups in total. The monoisotopic (exact) mass is 403 g/mol. The van der Waals surface area contributed by atoms with E-state index in [9.17, 15) is 4.79 Å². The Morgan fingerprint density at radius 3 is 2.54 bits per heavy atom. The highest BCUT2D eigenvalue weighted by Gasteiger charge is 2.24. The van der Waals surface area contributed by atoms with Crippen molar-refractivity contribution < 1.29 is 4.79 Å². The number of aromatic nitrogens is 1. The number of carbonyl (C=O) groups is 1. The zero-order valence-corrected chi connectivity index (χ0v) is 18.7. The van der Waals surface area contributed by atoms with Crippen molar-refractivity contribution in [2.75, 3.05) is 23.7 Å². The van der Waals surface area contributed by atoms with Crippen molar-refractivity contribution in [1.29, 1.82) is 0 Å². The normalized spacial score (nSPS) is 19.2. The molecule has 1 aromatic heterocycles. The molecule has 28 heavy (non-hydrogen) atoms. The molecule has 1 saturated carbocycles. The summed E-state index contributed by atoms with van der Waals surface area (Å²) in [7, 11) is 0. The van der Waals surface area contributed by atoms with Crippen LogP contribution in [-0.4, -0.2) is 35.8 Å². The Bertz CT molecular complexity index is 635. The fourth-order valence-electron chi connectivity index (χ4n) is 4.39. The van der Waals surface area contributed by atoms with Gasteiger partial charge in [0.25, 0.3) is 5.91 Å². The van der Waals surface area contributed by atoms with Crippen molar-refractivity contribution in [2.45, 2.75) is 83.2 Å². The summed E-state index contributed by atoms with van der Waals surface area (Å²) >= 11 is 1.72. The molecule has 156 valence electrons. The fraction of sp³-hybridized carbons (Fsp3) is 0.739. The van der Waals surface area contributed by atoms with Gasteiger partial charge in [0.05, 0.1) is 5.56 Å². The third kappa shape index (κ3) is 5.65. The topological polar surface area (TPSA) is 45.2 Å². The maximum atomic E-state index is 12.9. The largest absolute Gasteiger partial charge is 0.357 e. The zero-order chi connectivity index (χ0) is 19.9. The number of rotatable bonds is 7. The van der Waals surface area contributed by atoms with Crippen LogP contribution in [0.3, 0.4) is 0 Å². The van der Waals surface area contributed by atoms with Gasteiger partial charge in [-0.25, -0.2) is 4.98 Å². The van der Waals surface area contributed by atoms with Crippen LogP contribution >= 0.6 is 11.8 Å². The molecular formula is C23H37N3OS. The number of hydrogen-bond donors (Lipinski definition) is 1. The molecule has 1 amide bonds. The minimum Gasteiger partial charge on any atom is -0.357 e. The maximum Gasteiger partial charge on any atom is 0.254 e. The number of pyridine rings is 1. The van der Waals surface area contributed by atoms with E-state index in [-0.39, 0.29) is 5.91 Å². The van der Waals surface area contributed by atoms with Crippen molar-refractivity contribution in [3.63, 3.8) is 0 Å². The molecule has 2 heterocycles. The van der Waals surface area contributed by atoms with Crippen LogP contribution in [0.5, 0.6) is 0 Å². The first-order chi connectivity index (χ1) is 13.6. The quantitative estimate of drug-likeness (QED) is 0.609. The van der Waals surface area contributed by atoms with Gasteiger partial charge in [-0.2, -0.15) is 0 Å². The molecule has 1 aliphatic carbocycles. The highest BCUT2D eigenvalue weighted by molar-refractivity contribution is 7.99. The summed E-state index contributed by atoms with van der Waals surface area (Å²) in [5.41, 5.74) is 0.754. The van der Waals surface area contributed by atoms with Crippen molar-refractivity contribution in [3.05, 3.63) is 17.7 Å². The molecule has 3 rings (SSSR count). The highest BCUT2D eigenvalue weighted by Crippen LogP contribution is 2.30. The number of hydrogen-bond acceptors (Lipinski definition) is 4. The Morgan fingerprint density at radius 2 is 1.89 bits per heavy atom. The molecule has 1 aromatic rings. The first kappa shape index (κ1) is 21.5. The van der Waals surface area contributed by atoms with E-state index in [0.717, 1.165) is 66.3 Å². The van der Waals surface area contributed by atoms with Crippen LogP contribution in [0.15, 0.2) is 17.2 Å². The van der Waals surface area contributed by atoms with E-state index < -0.39 is 0 Å². The first-order valence-electron chi connectivity index (χ1n) is 11.3. The van der Waals surface area contributed by atoms with Crippen LogP contribution in [0.1, 0.15) is 82.5 Å². The molecule has 0 unspecified atom stereocenters. The number of nitrogens with zero attached hydrogens (tertiary/aromatic N) is 2. The van der Waals surface area contributed by atoms with Crippen LogP contribution in [0.25, 0.3) is 0 Å². The molecule has 4 nitrogen and oxygen atoms in total. The smallest absolute Gasteiger partial charge is 0.254 e. The zero-order valence-electron chi connectivity index (χ0n) is 17.9. The molecule has 0 aromatic carbocycles. The summed E-state index contributed by atoms with van der Waals surface area (Å²) in [6.45, 7) is 8.98. The maximum absolute atomic E-state index is 12.9. The lowest BCUT2D eigenvalue weighted by Gasteiger charge is -2.34. The van der Waals surface area contributed by atoms with Gasteiger partial charge in [-0.05, 0) is 61.8 Å². The number of thioether (sulfide) groups is 1. The van der Waals surface area contributed by atoms with Crippen LogP contribution in [0.4, 0.5) is 5.82 Å². The Labute approximate surface area is 175 Å². The van der Waals surface area contributed by atoms with Gasteiger partial charge < -0.3 is 10.2 Å². The average molecular weight is 404 g/mol. The second-order valence-electron chi connectivity index (χ2n) is 8.75. The first-order valence-corrected chi connectivity index (χ1v) is 12.3. The lowest BCUT2D eigenvalue weighted by Crippen LogP contribution is -2.37. The van der Waals surface area contributed by atoms with Gasteiger partial charge >= 0.3 is 0 Å². The molecule has 0 bridgehead atoms. The molecule has 0 radical (unpaired) electrons. The summed E-state index contributed by atoms with van der Waals surface area (Å²) in [6, 6.07) is 4.40. The predicted molar refractivity (Wildman–Crippen MR) is 119 cm³/mol. The van der Waals surface area contributed by atoms with Crippen molar-refractivity contribution in [2.24, 2.45) is 11.8 Å². The summed E-state index contributed by atoms with van der Waals surface area (Å²) in [5, 5.41) is 4.16. The van der Waals surface area contributed by atoms with E-state index in [1.807, 2.05) is 6.07 Å². The van der Waals surface area contributed by atoms with Crippen LogP contribution in [-0.2, 0) is 0 Å². The average Bonchev–Trinajstić information content (AvgIpc) is 2.72. The van der Waals surface area contributed by atoms with E-state index >= 15 is 0 Å². The van der Waals surface area contributed by atoms with Gasteiger partial charge in [0.1, 0.15) is 10.8 Å². The summed E-state index contributed by atoms with van der Waals surface area (Å²) < 4.78 is 0. The molecule has 0 atom stereocenters. The Hall–Kier alpha value is -1.23. The SMILES string of the molecule is CCCSc1nc(N2CCC(C(C)C)CC2)ccc1C(=O)NC1CCCCC1. The van der Waals surface area contributed by atoms with Crippen LogP contribution in [0, 0.1) is 11.8 Å². The Kier molecular flexibility index (Phi) is 8.07. The summed E-state index contributed by atoms with van der Waals surface area (Å²) in [6.07, 6.45) is 9.53. The Morgan fingerprint density at radius 1 is 1.18 bits per heavy atom. The number of amides is 1. The standard InChI is InChI=1S/C23H37N3OS/c1-4-16-28-23-20(22(27)24-19-8-6-5-7-9-19)10-11-21(25-23)26-14-12-18(13-15-26)17(2)3/h10-11,17-19H,4-9,12-16H2,1-3H3,(H,24,27). The summed E-state index contributed by atoms with van der Waals surface area (Å²) in [5.74, 6) is 3.68. The van der Waals surface area contributed by atoms with Crippen molar-refractivity contribution in [3.8, 4) is 0 Å². The van der Waals surface area contributed by atoms with Crippen molar-refractivity contribution in [1.82, 2.24) is 10.3 Å². The van der Waals surface area contributed by atoms with Gasteiger partial charge in [0.2, 0.25) is 0 Å². The lowest BCUT2D eigenvalue weighted by molar-refractivity contribution is 0.0924. The minimum absolute atomic E-state index is 0.0584. The third-order valence-corrected chi connectivity index (χ3v) is 7.48. The number of carbonyl (C=O) groups excluding carboxylic acids is 1. The van der Waals surface area contributed by atoms with Gasteiger partial charge in [0, 0.05) is 19.1 Å². The van der Waals surface area contributed by atoms with E-state index in [2.05, 4.69) is 37.1 Å². The molecule has 5 heteroatoms. The van der Waals surface area contributed by atoms with E-state index in [0.29, 0.717) is 6.04 Å². The van der Waals surface area contributed by atoms with Crippen LogP contribution in [0.2, 0.25) is 0 Å². The summed E-state index contributed by atoms with van der Waals surface area (Å²) in [4.78, 5) is 20.3. The third-order valence-electron chi connectivity index (χ3n) is 6.28. The fourth-order valence-corrected chi connectivity index (χ4v) is 5.27. The van der Waals surface area contributed by atoms with Gasteiger partial charge in [-0.1, -0.05) is 40.0 Å².